The lowest BCUT2D eigenvalue weighted by Gasteiger charge is -2.22. The molecule has 250 valence electrons. The van der Waals surface area contributed by atoms with Gasteiger partial charge in [-0.05, 0) is 160 Å². The molecule has 0 bridgehead atoms. The molecule has 0 saturated heterocycles. The Bertz CT molecular complexity index is 1770. The van der Waals surface area contributed by atoms with Gasteiger partial charge in [-0.15, -0.1) is 0 Å². The van der Waals surface area contributed by atoms with Gasteiger partial charge in [0.15, 0.2) is 0 Å². The fourth-order valence-electron chi connectivity index (χ4n) is 4.95. The molecule has 0 unspecified atom stereocenters. The van der Waals surface area contributed by atoms with Gasteiger partial charge < -0.3 is 18.3 Å². The SMILES string of the molecule is Cc1cccc(P(C)(C)=O)c1-c1c(C)cccc1P(C)(C)=O.Cc1cccc(P(C)(C)=O)c1I.Cc1cccc(P(C)(C)=O)c1I. The Balaban J connectivity index is 0.000000261. The molecule has 0 fully saturated rings. The highest BCUT2D eigenvalue weighted by Crippen LogP contribution is 2.45. The molecule has 0 spiro atoms. The van der Waals surface area contributed by atoms with E-state index in [0.717, 1.165) is 50.6 Å². The van der Waals surface area contributed by atoms with E-state index in [4.69, 9.17) is 0 Å². The normalized spacial score (nSPS) is 12.0. The first-order valence-electron chi connectivity index (χ1n) is 14.8. The maximum absolute atomic E-state index is 12.8. The van der Waals surface area contributed by atoms with Crippen LogP contribution in [0, 0.1) is 34.8 Å². The fraction of sp³-hybridized carbons (Fsp3) is 0.333. The van der Waals surface area contributed by atoms with Crippen LogP contribution < -0.4 is 21.2 Å². The second kappa shape index (κ2) is 16.3. The van der Waals surface area contributed by atoms with Crippen LogP contribution in [0.15, 0.2) is 72.8 Å². The van der Waals surface area contributed by atoms with Gasteiger partial charge in [-0.3, -0.25) is 0 Å². The lowest BCUT2D eigenvalue weighted by Crippen LogP contribution is -2.16. The average molecular weight is 922 g/mol. The summed E-state index contributed by atoms with van der Waals surface area (Å²) in [4.78, 5) is 0. The summed E-state index contributed by atoms with van der Waals surface area (Å²) in [5, 5.41) is 3.75. The summed E-state index contributed by atoms with van der Waals surface area (Å²) < 4.78 is 51.4. The molecule has 10 heteroatoms. The Morgan fingerprint density at radius 2 is 0.587 bits per heavy atom. The lowest BCUT2D eigenvalue weighted by atomic mass is 9.96. The van der Waals surface area contributed by atoms with Gasteiger partial charge in [0.2, 0.25) is 0 Å². The van der Waals surface area contributed by atoms with Crippen molar-refractivity contribution < 1.29 is 18.3 Å². The van der Waals surface area contributed by atoms with Crippen LogP contribution in [0.2, 0.25) is 0 Å². The molecule has 4 aromatic carbocycles. The van der Waals surface area contributed by atoms with Crippen molar-refractivity contribution in [2.24, 2.45) is 0 Å². The van der Waals surface area contributed by atoms with Crippen molar-refractivity contribution in [3.8, 4) is 11.1 Å². The van der Waals surface area contributed by atoms with E-state index in [-0.39, 0.29) is 0 Å². The van der Waals surface area contributed by atoms with Crippen molar-refractivity contribution in [1.82, 2.24) is 0 Å². The largest absolute Gasteiger partial charge is 0.319 e. The Kier molecular flexibility index (Phi) is 14.7. The highest BCUT2D eigenvalue weighted by molar-refractivity contribution is 14.1. The maximum atomic E-state index is 12.8. The number of benzene rings is 4. The fourth-order valence-corrected chi connectivity index (χ4v) is 13.9. The molecule has 0 aliphatic rings. The summed E-state index contributed by atoms with van der Waals surface area (Å²) in [6.07, 6.45) is 0. The Labute approximate surface area is 305 Å². The summed E-state index contributed by atoms with van der Waals surface area (Å²) in [5.74, 6) is 0. The smallest absolute Gasteiger partial charge is 0.110 e. The van der Waals surface area contributed by atoms with Crippen LogP contribution in [0.25, 0.3) is 11.1 Å². The number of hydrogen-bond donors (Lipinski definition) is 0. The van der Waals surface area contributed by atoms with Crippen LogP contribution in [-0.4, -0.2) is 53.3 Å². The van der Waals surface area contributed by atoms with Gasteiger partial charge in [0.1, 0.15) is 28.6 Å². The van der Waals surface area contributed by atoms with Gasteiger partial charge in [-0.2, -0.15) is 0 Å². The maximum Gasteiger partial charge on any atom is 0.110 e. The highest BCUT2D eigenvalue weighted by atomic mass is 127. The molecule has 4 rings (SSSR count). The van der Waals surface area contributed by atoms with Crippen LogP contribution in [-0.2, 0) is 18.3 Å². The van der Waals surface area contributed by atoms with Crippen LogP contribution in [0.4, 0.5) is 0 Å². The molecular weight excluding hydrogens is 874 g/mol. The Morgan fingerprint density at radius 1 is 0.370 bits per heavy atom. The lowest BCUT2D eigenvalue weighted by molar-refractivity contribution is 0.587. The number of aryl methyl sites for hydroxylation is 4. The summed E-state index contributed by atoms with van der Waals surface area (Å²) in [7, 11) is -9.04. The first-order chi connectivity index (χ1) is 20.9. The molecule has 0 heterocycles. The Hall–Kier alpha value is -0.740. The quantitative estimate of drug-likeness (QED) is 0.148. The van der Waals surface area contributed by atoms with E-state index in [2.05, 4.69) is 45.2 Å². The topological polar surface area (TPSA) is 68.3 Å². The molecule has 0 amide bonds. The number of halogens is 2. The monoisotopic (exact) mass is 922 g/mol. The second-order valence-electron chi connectivity index (χ2n) is 13.2. The highest BCUT2D eigenvalue weighted by Gasteiger charge is 2.25. The molecule has 0 aliphatic heterocycles. The van der Waals surface area contributed by atoms with Gasteiger partial charge in [0.05, 0.1) is 0 Å². The van der Waals surface area contributed by atoms with Crippen molar-refractivity contribution in [3.05, 3.63) is 102 Å². The van der Waals surface area contributed by atoms with E-state index in [1.165, 1.54) is 11.1 Å². The molecule has 0 N–H and O–H groups in total. The molecule has 0 aromatic heterocycles. The van der Waals surface area contributed by atoms with Crippen molar-refractivity contribution in [3.63, 3.8) is 0 Å². The van der Waals surface area contributed by atoms with E-state index < -0.39 is 28.6 Å². The first kappa shape index (κ1) is 41.4. The first-order valence-corrected chi connectivity index (χ1v) is 27.4. The van der Waals surface area contributed by atoms with Gasteiger partial charge in [-0.25, -0.2) is 0 Å². The Morgan fingerprint density at radius 3 is 0.804 bits per heavy atom. The minimum Gasteiger partial charge on any atom is -0.319 e. The van der Waals surface area contributed by atoms with Gasteiger partial charge >= 0.3 is 0 Å². The zero-order chi connectivity index (χ0) is 35.4. The predicted octanol–water partition coefficient (Wildman–Crippen LogP) is 10.2. The van der Waals surface area contributed by atoms with Crippen LogP contribution in [0.5, 0.6) is 0 Å². The molecule has 0 aliphatic carbocycles. The van der Waals surface area contributed by atoms with E-state index >= 15 is 0 Å². The van der Waals surface area contributed by atoms with E-state index in [9.17, 15) is 18.3 Å². The van der Waals surface area contributed by atoms with Gasteiger partial charge in [0, 0.05) is 28.4 Å². The van der Waals surface area contributed by atoms with Crippen LogP contribution in [0.3, 0.4) is 0 Å². The summed E-state index contributed by atoms with van der Waals surface area (Å²) in [6, 6.07) is 23.8. The number of rotatable bonds is 5. The summed E-state index contributed by atoms with van der Waals surface area (Å²) in [6.45, 7) is 22.5. The molecule has 0 atom stereocenters. The summed E-state index contributed by atoms with van der Waals surface area (Å²) in [5.41, 5.74) is 6.55. The van der Waals surface area contributed by atoms with Crippen molar-refractivity contribution in [2.75, 3.05) is 53.3 Å². The van der Waals surface area contributed by atoms with Crippen molar-refractivity contribution in [1.29, 1.82) is 0 Å². The standard InChI is InChI=1S/C18H24O2P2.2C9H12IOP/c1-13-9-7-11-15(21(3,4)19)17(13)18-14(2)10-8-12-16(18)22(5,6)20;2*1-7-5-4-6-8(9(7)10)12(2,3)11/h7-12H,1-6H3;2*4-6H,1-3H3. The van der Waals surface area contributed by atoms with E-state index in [1.54, 1.807) is 26.7 Å². The van der Waals surface area contributed by atoms with Crippen molar-refractivity contribution >= 4 is 95.0 Å². The third kappa shape index (κ3) is 11.1. The van der Waals surface area contributed by atoms with Gasteiger partial charge in [-0.1, -0.05) is 72.8 Å². The zero-order valence-corrected chi connectivity index (χ0v) is 37.0. The van der Waals surface area contributed by atoms with E-state index in [1.807, 2.05) is 127 Å². The van der Waals surface area contributed by atoms with E-state index in [0.29, 0.717) is 0 Å². The summed E-state index contributed by atoms with van der Waals surface area (Å²) >= 11 is 4.52. The molecular formula is C36H48I2O4P4. The third-order valence-electron chi connectivity index (χ3n) is 7.42. The molecule has 0 radical (unpaired) electrons. The molecule has 4 nitrogen and oxygen atoms in total. The molecule has 0 saturated carbocycles. The predicted molar refractivity (Wildman–Crippen MR) is 225 cm³/mol. The molecule has 46 heavy (non-hydrogen) atoms. The van der Waals surface area contributed by atoms with Gasteiger partial charge in [0.25, 0.3) is 0 Å². The minimum atomic E-state index is -2.43. The van der Waals surface area contributed by atoms with Crippen LogP contribution in [0.1, 0.15) is 22.3 Å². The van der Waals surface area contributed by atoms with Crippen molar-refractivity contribution in [2.45, 2.75) is 27.7 Å². The molecule has 4 aromatic rings. The average Bonchev–Trinajstić information content (AvgIpc) is 2.90. The third-order valence-corrected chi connectivity index (χ3v) is 17.3. The van der Waals surface area contributed by atoms with Crippen LogP contribution >= 0.6 is 73.7 Å². The second-order valence-corrected chi connectivity index (χ2v) is 28.0. The minimum absolute atomic E-state index is 0.872. The number of hydrogen-bond acceptors (Lipinski definition) is 4. The zero-order valence-electron chi connectivity index (χ0n) is 29.1.